The van der Waals surface area contributed by atoms with Crippen LogP contribution in [0.15, 0.2) is 127 Å². The lowest BCUT2D eigenvalue weighted by Crippen LogP contribution is -2.57. The maximum atomic E-state index is 14.7. The minimum absolute atomic E-state index is 0.00358. The van der Waals surface area contributed by atoms with Crippen LogP contribution in [0.1, 0.15) is 47.9 Å². The molecular weight excluding hydrogens is 842 g/mol. The van der Waals surface area contributed by atoms with E-state index < -0.39 is 65.1 Å². The lowest BCUT2D eigenvalue weighted by atomic mass is 9.86. The van der Waals surface area contributed by atoms with Gasteiger partial charge in [-0.05, 0) is 54.2 Å². The fourth-order valence-corrected chi connectivity index (χ4v) is 7.59. The molecule has 2 unspecified atom stereocenters. The van der Waals surface area contributed by atoms with Crippen molar-refractivity contribution in [1.29, 1.82) is 0 Å². The molecule has 12 nitrogen and oxygen atoms in total. The second kappa shape index (κ2) is 24.2. The van der Waals surface area contributed by atoms with Crippen LogP contribution >= 0.6 is 11.6 Å². The Hall–Kier alpha value is -6.67. The van der Waals surface area contributed by atoms with E-state index in [2.05, 4.69) is 27.8 Å². The van der Waals surface area contributed by atoms with Crippen LogP contribution in [0.25, 0.3) is 6.08 Å². The topological polar surface area (TPSA) is 180 Å². The van der Waals surface area contributed by atoms with E-state index in [4.69, 9.17) is 17.3 Å². The van der Waals surface area contributed by atoms with Gasteiger partial charge in [0.05, 0.1) is 17.7 Å². The molecule has 4 amide bonds. The Bertz CT molecular complexity index is 2310. The second-order valence-electron chi connectivity index (χ2n) is 15.6. The number of benzene rings is 4. The van der Waals surface area contributed by atoms with Crippen LogP contribution in [0, 0.1) is 17.6 Å². The van der Waals surface area contributed by atoms with Crippen LogP contribution in [0.2, 0.25) is 0 Å². The number of piperidine rings is 1. The summed E-state index contributed by atoms with van der Waals surface area (Å²) in [4.78, 5) is 83.5. The van der Waals surface area contributed by atoms with Gasteiger partial charge in [0, 0.05) is 62.4 Å². The highest BCUT2D eigenvalue weighted by atomic mass is 35.5. The predicted molar refractivity (Wildman–Crippen MR) is 241 cm³/mol. The molecule has 4 aromatic rings. The van der Waals surface area contributed by atoms with Crippen LogP contribution in [-0.2, 0) is 48.0 Å². The Morgan fingerprint density at radius 3 is 1.92 bits per heavy atom. The van der Waals surface area contributed by atoms with Gasteiger partial charge in [0.2, 0.25) is 23.6 Å². The minimum Gasteiger partial charge on any atom is -0.386 e. The quantitative estimate of drug-likeness (QED) is 0.0418. The van der Waals surface area contributed by atoms with Gasteiger partial charge < -0.3 is 31.9 Å². The van der Waals surface area contributed by atoms with Crippen LogP contribution in [0.5, 0.6) is 0 Å². The smallest absolute Gasteiger partial charge is 0.243 e. The molecular formula is C49H53ClF2N6O6. The summed E-state index contributed by atoms with van der Waals surface area (Å²) < 4.78 is 29.4. The Morgan fingerprint density at radius 1 is 0.766 bits per heavy atom. The average Bonchev–Trinajstić information content (AvgIpc) is 3.29. The molecule has 15 heteroatoms. The van der Waals surface area contributed by atoms with Crippen molar-refractivity contribution in [3.63, 3.8) is 0 Å². The summed E-state index contributed by atoms with van der Waals surface area (Å²) in [6, 6.07) is 26.5. The molecule has 336 valence electrons. The van der Waals surface area contributed by atoms with Gasteiger partial charge in [-0.3, -0.25) is 28.8 Å². The van der Waals surface area contributed by atoms with Gasteiger partial charge in [0.25, 0.3) is 0 Å². The molecule has 1 saturated heterocycles. The Balaban J connectivity index is 1.31. The van der Waals surface area contributed by atoms with Crippen LogP contribution in [0.3, 0.4) is 0 Å². The van der Waals surface area contributed by atoms with Gasteiger partial charge in [0.1, 0.15) is 23.7 Å². The number of likely N-dealkylation sites (tertiary alicyclic amines) is 1. The monoisotopic (exact) mass is 894 g/mol. The Labute approximate surface area is 376 Å². The van der Waals surface area contributed by atoms with Gasteiger partial charge in [-0.25, -0.2) is 8.78 Å². The van der Waals surface area contributed by atoms with Gasteiger partial charge in [-0.1, -0.05) is 104 Å². The average molecular weight is 895 g/mol. The summed E-state index contributed by atoms with van der Waals surface area (Å²) in [5.41, 5.74) is 7.62. The fourth-order valence-electron chi connectivity index (χ4n) is 7.40. The zero-order valence-corrected chi connectivity index (χ0v) is 36.1. The zero-order chi connectivity index (χ0) is 46.0. The van der Waals surface area contributed by atoms with E-state index in [-0.39, 0.29) is 85.8 Å². The van der Waals surface area contributed by atoms with E-state index in [0.717, 1.165) is 5.56 Å². The normalized spacial score (nSPS) is 15.7. The highest BCUT2D eigenvalue weighted by Gasteiger charge is 2.35. The SMILES string of the molecule is C=C(N)NCCC[C@H](NC(=O)C(Cc1ccccc1)NC(=O)[C@@H](Cc1ccccc1)NC(=O)CCC(=O)N1C/C(=C\c2ccccc2F)C(=O)C(Cc2ccccc2F)C1)C(=O)CCl. The number of halogens is 3. The van der Waals surface area contributed by atoms with Crippen molar-refractivity contribution in [2.45, 2.75) is 63.1 Å². The second-order valence-corrected chi connectivity index (χ2v) is 15.9. The summed E-state index contributed by atoms with van der Waals surface area (Å²) in [7, 11) is 0. The van der Waals surface area contributed by atoms with Crippen molar-refractivity contribution in [3.05, 3.63) is 161 Å². The summed E-state index contributed by atoms with van der Waals surface area (Å²) >= 11 is 5.91. The van der Waals surface area contributed by atoms with Crippen molar-refractivity contribution in [3.8, 4) is 0 Å². The van der Waals surface area contributed by atoms with Crippen LogP contribution < -0.4 is 27.0 Å². The zero-order valence-electron chi connectivity index (χ0n) is 35.4. The highest BCUT2D eigenvalue weighted by molar-refractivity contribution is 6.28. The molecule has 4 atom stereocenters. The molecule has 0 aliphatic carbocycles. The number of ketones is 2. The molecule has 0 spiro atoms. The summed E-state index contributed by atoms with van der Waals surface area (Å²) in [6.45, 7) is 3.78. The molecule has 5 rings (SSSR count). The van der Waals surface area contributed by atoms with Gasteiger partial charge in [-0.15, -0.1) is 11.6 Å². The first-order valence-corrected chi connectivity index (χ1v) is 21.6. The Kier molecular flexibility index (Phi) is 18.3. The predicted octanol–water partition coefficient (Wildman–Crippen LogP) is 4.95. The molecule has 0 saturated carbocycles. The summed E-state index contributed by atoms with van der Waals surface area (Å²) in [5.74, 6) is -5.15. The van der Waals surface area contributed by atoms with E-state index in [1.807, 2.05) is 6.07 Å². The number of carbonyl (C=O) groups is 6. The third kappa shape index (κ3) is 14.7. The summed E-state index contributed by atoms with van der Waals surface area (Å²) in [6.07, 6.45) is 1.52. The number of nitrogens with zero attached hydrogens (tertiary/aromatic N) is 1. The van der Waals surface area contributed by atoms with E-state index in [9.17, 15) is 37.5 Å². The first kappa shape index (κ1) is 48.4. The Morgan fingerprint density at radius 2 is 1.33 bits per heavy atom. The van der Waals surface area contributed by atoms with Crippen molar-refractivity contribution >= 4 is 52.9 Å². The lowest BCUT2D eigenvalue weighted by molar-refractivity contribution is -0.137. The number of rotatable bonds is 22. The standard InChI is InChI=1S/C49H53ClF2N6O6/c1-32(53)54-24-12-21-41(44(59)29-50)56-49(64)43(26-34-15-6-3-7-16-34)57-48(63)42(25-33-13-4-2-5-14-33)55-45(60)22-23-46(61)58-30-37(27-35-17-8-10-19-39(35)51)47(62)38(31-58)28-36-18-9-11-20-40(36)52/h2-11,13-20,27,38,41-43,54H,1,12,21-26,28-31,53H2,(H,55,60)(H,56,64)(H,57,63)/b37-27+/t38?,41-,42+,43?/m0/s1. The lowest BCUT2D eigenvalue weighted by Gasteiger charge is -2.34. The van der Waals surface area contributed by atoms with Crippen molar-refractivity contribution in [1.82, 2.24) is 26.2 Å². The fraction of sp³-hybridized carbons (Fsp3) is 0.306. The molecule has 0 aromatic heterocycles. The maximum absolute atomic E-state index is 14.7. The number of nitrogens with one attached hydrogen (secondary N) is 4. The van der Waals surface area contributed by atoms with Crippen molar-refractivity contribution < 1.29 is 37.5 Å². The first-order valence-electron chi connectivity index (χ1n) is 21.1. The number of alkyl halides is 1. The molecule has 64 heavy (non-hydrogen) atoms. The molecule has 4 aromatic carbocycles. The first-order chi connectivity index (χ1) is 30.8. The van der Waals surface area contributed by atoms with E-state index in [1.54, 1.807) is 72.8 Å². The number of amides is 4. The molecule has 1 aliphatic rings. The van der Waals surface area contributed by atoms with E-state index in [0.29, 0.717) is 18.5 Å². The number of carbonyl (C=O) groups excluding carboxylic acids is 6. The van der Waals surface area contributed by atoms with Gasteiger partial charge in [-0.2, -0.15) is 0 Å². The summed E-state index contributed by atoms with van der Waals surface area (Å²) in [5, 5.41) is 11.2. The van der Waals surface area contributed by atoms with Gasteiger partial charge >= 0.3 is 0 Å². The largest absolute Gasteiger partial charge is 0.386 e. The molecule has 0 bridgehead atoms. The van der Waals surface area contributed by atoms with Gasteiger partial charge in [0.15, 0.2) is 11.6 Å². The number of nitrogens with two attached hydrogens (primary N) is 1. The third-order valence-electron chi connectivity index (χ3n) is 10.8. The highest BCUT2D eigenvalue weighted by Crippen LogP contribution is 2.26. The maximum Gasteiger partial charge on any atom is 0.243 e. The molecule has 1 fully saturated rings. The van der Waals surface area contributed by atoms with Crippen LogP contribution in [0.4, 0.5) is 8.78 Å². The van der Waals surface area contributed by atoms with E-state index in [1.165, 1.54) is 41.3 Å². The number of hydrogen-bond acceptors (Lipinski definition) is 8. The molecule has 0 radical (unpaired) electrons. The third-order valence-corrected chi connectivity index (χ3v) is 11.0. The number of Topliss-reactive ketones (excluding diaryl/α,β-unsaturated/α-hetero) is 2. The molecule has 1 aliphatic heterocycles. The number of hydrogen-bond donors (Lipinski definition) is 5. The van der Waals surface area contributed by atoms with Crippen molar-refractivity contribution in [2.24, 2.45) is 11.7 Å². The van der Waals surface area contributed by atoms with Crippen LogP contribution in [-0.4, -0.2) is 83.7 Å². The minimum atomic E-state index is -1.19. The van der Waals surface area contributed by atoms with Crippen molar-refractivity contribution in [2.75, 3.05) is 25.5 Å². The molecule has 1 heterocycles. The molecule has 6 N–H and O–H groups in total. The van der Waals surface area contributed by atoms with E-state index >= 15 is 0 Å².